The van der Waals surface area contributed by atoms with E-state index in [9.17, 15) is 0 Å². The highest BCUT2D eigenvalue weighted by Crippen LogP contribution is 2.21. The van der Waals surface area contributed by atoms with Crippen LogP contribution in [0, 0.1) is 6.07 Å². The van der Waals surface area contributed by atoms with Crippen molar-refractivity contribution >= 4 is 0 Å². The summed E-state index contributed by atoms with van der Waals surface area (Å²) in [6, 6.07) is 12.8. The van der Waals surface area contributed by atoms with E-state index in [1.165, 1.54) is 0 Å². The Bertz CT molecular complexity index is 412. The minimum absolute atomic E-state index is 0.770. The summed E-state index contributed by atoms with van der Waals surface area (Å²) in [5, 5.41) is 0. The molecule has 0 unspecified atom stereocenters. The maximum absolute atomic E-state index is 5.10. The summed E-state index contributed by atoms with van der Waals surface area (Å²) in [6.07, 6.45) is 3.50. The van der Waals surface area contributed by atoms with Crippen LogP contribution in [-0.2, 0) is 0 Å². The van der Waals surface area contributed by atoms with Gasteiger partial charge in [-0.3, -0.25) is 4.98 Å². The van der Waals surface area contributed by atoms with Crippen molar-refractivity contribution in [1.29, 1.82) is 0 Å². The number of hydrogen-bond donors (Lipinski definition) is 0. The van der Waals surface area contributed by atoms with Crippen molar-refractivity contribution in [3.05, 3.63) is 48.8 Å². The van der Waals surface area contributed by atoms with Crippen molar-refractivity contribution in [3.8, 4) is 16.9 Å². The Morgan fingerprint density at radius 2 is 2.21 bits per heavy atom. The number of hydrogen-bond acceptors (Lipinski definition) is 2. The molecule has 1 aromatic carbocycles. The smallest absolute Gasteiger partial charge is 0.137 e. The van der Waals surface area contributed by atoms with Gasteiger partial charge < -0.3 is 4.74 Å². The number of pyridine rings is 1. The van der Waals surface area contributed by atoms with E-state index in [-0.39, 0.29) is 0 Å². The zero-order chi connectivity index (χ0) is 9.80. The monoisotopic (exact) mass is 184 g/mol. The van der Waals surface area contributed by atoms with Crippen LogP contribution in [0.3, 0.4) is 0 Å². The van der Waals surface area contributed by atoms with E-state index in [2.05, 4.69) is 11.1 Å². The van der Waals surface area contributed by atoms with E-state index in [0.717, 1.165) is 16.9 Å². The minimum atomic E-state index is 0.770. The van der Waals surface area contributed by atoms with Gasteiger partial charge in [-0.25, -0.2) is 0 Å². The molecule has 0 spiro atoms. The number of methoxy groups -OCH3 is 1. The fraction of sp³-hybridized carbons (Fsp3) is 0.0833. The molecule has 1 aromatic heterocycles. The lowest BCUT2D eigenvalue weighted by atomic mass is 10.1. The van der Waals surface area contributed by atoms with Crippen LogP contribution in [0.25, 0.3) is 11.1 Å². The van der Waals surface area contributed by atoms with Crippen molar-refractivity contribution in [3.63, 3.8) is 0 Å². The number of nitrogens with zero attached hydrogens (tertiary/aromatic N) is 1. The first-order chi connectivity index (χ1) is 6.90. The quantitative estimate of drug-likeness (QED) is 0.715. The highest BCUT2D eigenvalue weighted by atomic mass is 16.5. The first-order valence-corrected chi connectivity index (χ1v) is 4.35. The Morgan fingerprint density at radius 3 is 2.93 bits per heavy atom. The second-order valence-corrected chi connectivity index (χ2v) is 2.91. The lowest BCUT2D eigenvalue weighted by Gasteiger charge is -2.02. The van der Waals surface area contributed by atoms with E-state index >= 15 is 0 Å². The molecule has 2 nitrogen and oxygen atoms in total. The summed E-state index contributed by atoms with van der Waals surface area (Å²) in [5.41, 5.74) is 2.14. The SMILES string of the molecule is COc1cncc(-c2c[c]ccc2)c1. The number of aromatic nitrogens is 1. The van der Waals surface area contributed by atoms with E-state index in [0.29, 0.717) is 0 Å². The van der Waals surface area contributed by atoms with Crippen molar-refractivity contribution < 1.29 is 4.74 Å². The third-order valence-corrected chi connectivity index (χ3v) is 1.99. The second-order valence-electron chi connectivity index (χ2n) is 2.91. The van der Waals surface area contributed by atoms with Crippen LogP contribution >= 0.6 is 0 Å². The number of ether oxygens (including phenoxy) is 1. The van der Waals surface area contributed by atoms with E-state index < -0.39 is 0 Å². The van der Waals surface area contributed by atoms with Gasteiger partial charge in [-0.2, -0.15) is 0 Å². The average molecular weight is 184 g/mol. The van der Waals surface area contributed by atoms with Gasteiger partial charge in [0, 0.05) is 11.8 Å². The Morgan fingerprint density at radius 1 is 1.29 bits per heavy atom. The summed E-state index contributed by atoms with van der Waals surface area (Å²) in [6.45, 7) is 0. The molecule has 2 aromatic rings. The molecule has 14 heavy (non-hydrogen) atoms. The van der Waals surface area contributed by atoms with Gasteiger partial charge in [-0.1, -0.05) is 18.2 Å². The Kier molecular flexibility index (Phi) is 2.45. The number of benzene rings is 1. The van der Waals surface area contributed by atoms with Gasteiger partial charge in [-0.15, -0.1) is 0 Å². The molecule has 2 rings (SSSR count). The van der Waals surface area contributed by atoms with Gasteiger partial charge >= 0.3 is 0 Å². The summed E-state index contributed by atoms with van der Waals surface area (Å²) < 4.78 is 5.10. The molecule has 0 atom stereocenters. The van der Waals surface area contributed by atoms with Crippen molar-refractivity contribution in [1.82, 2.24) is 4.98 Å². The van der Waals surface area contributed by atoms with Gasteiger partial charge in [-0.05, 0) is 23.8 Å². The van der Waals surface area contributed by atoms with E-state index in [1.54, 1.807) is 13.3 Å². The molecule has 0 N–H and O–H groups in total. The van der Waals surface area contributed by atoms with Gasteiger partial charge in [0.2, 0.25) is 0 Å². The maximum Gasteiger partial charge on any atom is 0.137 e. The van der Waals surface area contributed by atoms with Crippen molar-refractivity contribution in [2.75, 3.05) is 7.11 Å². The van der Waals surface area contributed by atoms with Crippen LogP contribution in [0.15, 0.2) is 42.7 Å². The molecule has 0 saturated heterocycles. The summed E-state index contributed by atoms with van der Waals surface area (Å²) in [5.74, 6) is 0.770. The fourth-order valence-corrected chi connectivity index (χ4v) is 1.26. The van der Waals surface area contributed by atoms with Crippen LogP contribution in [-0.4, -0.2) is 12.1 Å². The average Bonchev–Trinajstić information content (AvgIpc) is 2.30. The second kappa shape index (κ2) is 3.92. The molecule has 0 amide bonds. The zero-order valence-electron chi connectivity index (χ0n) is 7.90. The molecule has 69 valence electrons. The largest absolute Gasteiger partial charge is 0.495 e. The van der Waals surface area contributed by atoms with Gasteiger partial charge in [0.15, 0.2) is 0 Å². The summed E-state index contributed by atoms with van der Waals surface area (Å²) in [7, 11) is 1.64. The molecule has 2 heteroatoms. The normalized spacial score (nSPS) is 9.79. The predicted octanol–water partition coefficient (Wildman–Crippen LogP) is 2.56. The fourth-order valence-electron chi connectivity index (χ4n) is 1.26. The Hall–Kier alpha value is -1.83. The molecule has 0 fully saturated rings. The predicted molar refractivity (Wildman–Crippen MR) is 55.1 cm³/mol. The van der Waals surface area contributed by atoms with Crippen LogP contribution in [0.1, 0.15) is 0 Å². The van der Waals surface area contributed by atoms with Gasteiger partial charge in [0.05, 0.1) is 13.3 Å². The Labute approximate surface area is 83.2 Å². The van der Waals surface area contributed by atoms with Gasteiger partial charge in [0.25, 0.3) is 0 Å². The summed E-state index contributed by atoms with van der Waals surface area (Å²) in [4.78, 5) is 4.09. The van der Waals surface area contributed by atoms with Crippen LogP contribution in [0.5, 0.6) is 5.75 Å². The Balaban J connectivity index is 2.42. The molecular formula is C12H10NO. The van der Waals surface area contributed by atoms with Crippen LogP contribution in [0.4, 0.5) is 0 Å². The van der Waals surface area contributed by atoms with Crippen LogP contribution in [0.2, 0.25) is 0 Å². The third kappa shape index (κ3) is 1.74. The lowest BCUT2D eigenvalue weighted by Crippen LogP contribution is -1.85. The highest BCUT2D eigenvalue weighted by molar-refractivity contribution is 5.63. The zero-order valence-corrected chi connectivity index (χ0v) is 7.90. The number of rotatable bonds is 2. The van der Waals surface area contributed by atoms with E-state index in [1.807, 2.05) is 36.5 Å². The maximum atomic E-state index is 5.10. The van der Waals surface area contributed by atoms with Crippen molar-refractivity contribution in [2.45, 2.75) is 0 Å². The van der Waals surface area contributed by atoms with Gasteiger partial charge in [0.1, 0.15) is 5.75 Å². The first kappa shape index (κ1) is 8.75. The topological polar surface area (TPSA) is 22.1 Å². The molecule has 0 bridgehead atoms. The molecule has 1 radical (unpaired) electrons. The first-order valence-electron chi connectivity index (χ1n) is 4.35. The third-order valence-electron chi connectivity index (χ3n) is 1.99. The summed E-state index contributed by atoms with van der Waals surface area (Å²) >= 11 is 0. The lowest BCUT2D eigenvalue weighted by molar-refractivity contribution is 0.413. The van der Waals surface area contributed by atoms with Crippen LogP contribution < -0.4 is 4.74 Å². The molecule has 0 aliphatic rings. The highest BCUT2D eigenvalue weighted by Gasteiger charge is 1.98. The molecule has 0 aliphatic heterocycles. The standard InChI is InChI=1S/C12H10NO/c1-14-12-7-11(8-13-9-12)10-5-3-2-4-6-10/h2-3,5-9H,1H3. The molecule has 1 heterocycles. The van der Waals surface area contributed by atoms with E-state index in [4.69, 9.17) is 4.74 Å². The minimum Gasteiger partial charge on any atom is -0.495 e. The molecule has 0 saturated carbocycles. The molecular weight excluding hydrogens is 174 g/mol. The molecule has 0 aliphatic carbocycles. The van der Waals surface area contributed by atoms with Crippen molar-refractivity contribution in [2.24, 2.45) is 0 Å².